The third kappa shape index (κ3) is 2.95. The van der Waals surface area contributed by atoms with E-state index < -0.39 is 12.1 Å². The number of carbonyl (C=O) groups excluding carboxylic acids is 1. The number of hydrogen-bond acceptors (Lipinski definition) is 3. The van der Waals surface area contributed by atoms with Gasteiger partial charge in [-0.1, -0.05) is 72.0 Å². The van der Waals surface area contributed by atoms with Gasteiger partial charge in [-0.2, -0.15) is 0 Å². The van der Waals surface area contributed by atoms with Crippen LogP contribution in [0, 0.1) is 6.92 Å². The molecule has 0 aliphatic carbocycles. The summed E-state index contributed by atoms with van der Waals surface area (Å²) in [5.74, 6) is -0.451. The molecule has 1 aliphatic rings. The molecule has 1 N–H and O–H groups in total. The minimum Gasteiger partial charge on any atom is -0.507 e. The Kier molecular flexibility index (Phi) is 4.94. The minimum absolute atomic E-state index is 0.00576. The monoisotopic (exact) mass is 434 g/mol. The maximum Gasteiger partial charge on any atom is 0.343 e. The van der Waals surface area contributed by atoms with Crippen LogP contribution < -0.4 is 0 Å². The summed E-state index contributed by atoms with van der Waals surface area (Å²) in [6.45, 7) is 4.04. The van der Waals surface area contributed by atoms with Gasteiger partial charge < -0.3 is 9.84 Å². The summed E-state index contributed by atoms with van der Waals surface area (Å²) in [5, 5.41) is 10.7. The molecule has 24 heavy (non-hydrogen) atoms. The van der Waals surface area contributed by atoms with E-state index in [1.165, 1.54) is 5.56 Å². The summed E-state index contributed by atoms with van der Waals surface area (Å²) in [4.78, 5) is 12.5. The van der Waals surface area contributed by atoms with E-state index in [1.807, 2.05) is 37.3 Å². The molecule has 0 fully saturated rings. The molecule has 0 radical (unpaired) electrons. The Balaban J connectivity index is 2.15. The Bertz CT molecular complexity index is 809. The summed E-state index contributed by atoms with van der Waals surface area (Å²) >= 11 is 2.33. The number of cyclic esters (lactones) is 1. The Morgan fingerprint density at radius 3 is 2.54 bits per heavy atom. The van der Waals surface area contributed by atoms with E-state index in [9.17, 15) is 9.90 Å². The second kappa shape index (κ2) is 6.97. The number of esters is 1. The van der Waals surface area contributed by atoms with E-state index in [1.54, 1.807) is 0 Å². The largest absolute Gasteiger partial charge is 0.507 e. The summed E-state index contributed by atoms with van der Waals surface area (Å²) in [5.41, 5.74) is 5.17. The lowest BCUT2D eigenvalue weighted by Gasteiger charge is -2.13. The highest BCUT2D eigenvalue weighted by molar-refractivity contribution is 14.1. The molecule has 1 atom stereocenters. The molecule has 1 unspecified atom stereocenters. The molecule has 124 valence electrons. The molecule has 3 nitrogen and oxygen atoms in total. The maximum absolute atomic E-state index is 12.5. The van der Waals surface area contributed by atoms with Gasteiger partial charge in [-0.3, -0.25) is 0 Å². The summed E-state index contributed by atoms with van der Waals surface area (Å²) in [6.07, 6.45) is 0.0721. The lowest BCUT2D eigenvalue weighted by molar-refractivity contribution is -0.138. The van der Waals surface area contributed by atoms with Crippen molar-refractivity contribution in [3.63, 3.8) is 0 Å². The van der Waals surface area contributed by atoms with Crippen molar-refractivity contribution in [1.29, 1.82) is 0 Å². The molecule has 0 amide bonds. The highest BCUT2D eigenvalue weighted by Crippen LogP contribution is 2.40. The first-order chi connectivity index (χ1) is 11.6. The van der Waals surface area contributed by atoms with Crippen molar-refractivity contribution in [2.24, 2.45) is 0 Å². The topological polar surface area (TPSA) is 46.5 Å². The predicted molar refractivity (Wildman–Crippen MR) is 103 cm³/mol. The lowest BCUT2D eigenvalue weighted by atomic mass is 9.90. The van der Waals surface area contributed by atoms with Gasteiger partial charge in [0.25, 0.3) is 0 Å². The van der Waals surface area contributed by atoms with Crippen LogP contribution in [0.3, 0.4) is 0 Å². The molecule has 0 bridgehead atoms. The highest BCUT2D eigenvalue weighted by Gasteiger charge is 2.37. The molecule has 0 saturated heterocycles. The lowest BCUT2D eigenvalue weighted by Crippen LogP contribution is -2.05. The van der Waals surface area contributed by atoms with Gasteiger partial charge in [0, 0.05) is 9.99 Å². The predicted octanol–water partition coefficient (Wildman–Crippen LogP) is 5.06. The van der Waals surface area contributed by atoms with Crippen LogP contribution >= 0.6 is 22.6 Å². The number of aryl methyl sites for hydroxylation is 2. The van der Waals surface area contributed by atoms with Crippen molar-refractivity contribution in [3.05, 3.63) is 76.0 Å². The van der Waals surface area contributed by atoms with Gasteiger partial charge in [-0.05, 0) is 35.6 Å². The molecule has 3 rings (SSSR count). The molecule has 2 aromatic rings. The number of rotatable bonds is 4. The van der Waals surface area contributed by atoms with Crippen LogP contribution in [0.2, 0.25) is 0 Å². The molecule has 4 heteroatoms. The van der Waals surface area contributed by atoms with Gasteiger partial charge in [0.2, 0.25) is 0 Å². The fourth-order valence-electron chi connectivity index (χ4n) is 3.20. The van der Waals surface area contributed by atoms with E-state index in [2.05, 4.69) is 41.6 Å². The van der Waals surface area contributed by atoms with Crippen LogP contribution in [-0.2, 0) is 20.4 Å². The van der Waals surface area contributed by atoms with Crippen molar-refractivity contribution < 1.29 is 14.6 Å². The van der Waals surface area contributed by atoms with E-state index in [0.29, 0.717) is 5.57 Å². The van der Waals surface area contributed by atoms with E-state index in [-0.39, 0.29) is 5.76 Å². The first-order valence-electron chi connectivity index (χ1n) is 7.94. The van der Waals surface area contributed by atoms with Crippen LogP contribution in [0.1, 0.15) is 40.8 Å². The summed E-state index contributed by atoms with van der Waals surface area (Å²) in [7, 11) is 0. The molecule has 0 saturated carbocycles. The third-order valence-corrected chi connectivity index (χ3v) is 5.18. The average Bonchev–Trinajstić information content (AvgIpc) is 2.89. The van der Waals surface area contributed by atoms with Crippen LogP contribution in [0.5, 0.6) is 0 Å². The minimum atomic E-state index is -0.720. The van der Waals surface area contributed by atoms with Gasteiger partial charge in [0.05, 0.1) is 0 Å². The quantitative estimate of drug-likeness (QED) is 0.416. The van der Waals surface area contributed by atoms with Crippen LogP contribution in [-0.4, -0.2) is 11.1 Å². The molecule has 1 aliphatic heterocycles. The fourth-order valence-corrected chi connectivity index (χ4v) is 3.64. The second-order valence-electron chi connectivity index (χ2n) is 5.89. The number of alkyl halides is 1. The smallest absolute Gasteiger partial charge is 0.343 e. The van der Waals surface area contributed by atoms with Crippen molar-refractivity contribution >= 4 is 34.1 Å². The van der Waals surface area contributed by atoms with Crippen molar-refractivity contribution in [3.8, 4) is 0 Å². The molecule has 1 heterocycles. The Hall–Kier alpha value is -1.82. The number of aliphatic hydroxyl groups excluding tert-OH is 1. The Morgan fingerprint density at radius 2 is 1.92 bits per heavy atom. The highest BCUT2D eigenvalue weighted by atomic mass is 127. The van der Waals surface area contributed by atoms with Gasteiger partial charge in [0.15, 0.2) is 11.9 Å². The van der Waals surface area contributed by atoms with Crippen LogP contribution in [0.25, 0.3) is 5.57 Å². The molecular formula is C20H19IO3. The third-order valence-electron chi connectivity index (χ3n) is 4.30. The van der Waals surface area contributed by atoms with Crippen LogP contribution in [0.15, 0.2) is 48.2 Å². The number of hydrogen-bond donors (Lipinski definition) is 1. The molecular weight excluding hydrogens is 415 g/mol. The molecule has 2 aromatic carbocycles. The summed E-state index contributed by atoms with van der Waals surface area (Å²) < 4.78 is 6.38. The zero-order valence-corrected chi connectivity index (χ0v) is 15.8. The zero-order chi connectivity index (χ0) is 17.3. The van der Waals surface area contributed by atoms with Crippen LogP contribution in [0.4, 0.5) is 0 Å². The average molecular weight is 434 g/mol. The number of aliphatic hydroxyl groups is 1. The standard InChI is InChI=1S/C20H19IO3/c1-3-14-10-13(11-21)9-12(2)16(14)17-18(22)19(24-20(17)23)15-7-5-4-6-8-15/h4-10,19,22H,3,11H2,1-2H3. The van der Waals surface area contributed by atoms with E-state index >= 15 is 0 Å². The number of ether oxygens (including phenoxy) is 1. The second-order valence-corrected chi connectivity index (χ2v) is 6.65. The first-order valence-corrected chi connectivity index (χ1v) is 9.47. The van der Waals surface area contributed by atoms with Crippen molar-refractivity contribution in [2.75, 3.05) is 0 Å². The zero-order valence-electron chi connectivity index (χ0n) is 13.7. The Morgan fingerprint density at radius 1 is 1.21 bits per heavy atom. The normalized spacial score (nSPS) is 17.3. The van der Waals surface area contributed by atoms with Gasteiger partial charge >= 0.3 is 5.97 Å². The Labute approximate surface area is 155 Å². The number of halogens is 1. The molecule has 0 spiro atoms. The van der Waals surface area contributed by atoms with Gasteiger partial charge in [-0.25, -0.2) is 4.79 Å². The SMILES string of the molecule is CCc1cc(CI)cc(C)c1C1=C(O)C(c2ccccc2)OC1=O. The number of benzene rings is 2. The molecule has 0 aromatic heterocycles. The van der Waals surface area contributed by atoms with Crippen molar-refractivity contribution in [2.45, 2.75) is 30.8 Å². The number of carbonyl (C=O) groups is 1. The van der Waals surface area contributed by atoms with E-state index in [0.717, 1.165) is 33.1 Å². The maximum atomic E-state index is 12.5. The van der Waals surface area contributed by atoms with Crippen molar-refractivity contribution in [1.82, 2.24) is 0 Å². The van der Waals surface area contributed by atoms with E-state index in [4.69, 9.17) is 4.74 Å². The summed E-state index contributed by atoms with van der Waals surface area (Å²) in [6, 6.07) is 13.5. The van der Waals surface area contributed by atoms with Gasteiger partial charge in [0.1, 0.15) is 5.57 Å². The van der Waals surface area contributed by atoms with Gasteiger partial charge in [-0.15, -0.1) is 0 Å². The fraction of sp³-hybridized carbons (Fsp3) is 0.250. The first kappa shape index (κ1) is 17.0.